The van der Waals surface area contributed by atoms with Gasteiger partial charge in [-0.2, -0.15) is 0 Å². The van der Waals surface area contributed by atoms with Crippen molar-refractivity contribution in [3.8, 4) is 0 Å². The van der Waals surface area contributed by atoms with Gasteiger partial charge in [0.25, 0.3) is 0 Å². The molecule has 0 aromatic carbocycles. The lowest BCUT2D eigenvalue weighted by Crippen LogP contribution is -2.32. The molecule has 0 radical (unpaired) electrons. The zero-order chi connectivity index (χ0) is 16.3. The van der Waals surface area contributed by atoms with E-state index in [0.29, 0.717) is 0 Å². The molecule has 2 heteroatoms. The molecular weight excluding hydrogens is 304 g/mol. The maximum atomic E-state index is 2.47. The lowest BCUT2D eigenvalue weighted by Gasteiger charge is -2.40. The Kier molecular flexibility index (Phi) is 7.52. The van der Waals surface area contributed by atoms with Crippen LogP contribution >= 0.6 is 21.6 Å². The molecule has 2 rings (SSSR count). The van der Waals surface area contributed by atoms with Crippen LogP contribution in [0.5, 0.6) is 0 Å². The normalized spacial score (nSPS) is 40.4. The highest BCUT2D eigenvalue weighted by Crippen LogP contribution is 2.50. The molecule has 2 saturated carbocycles. The largest absolute Gasteiger partial charge is 0.0901 e. The van der Waals surface area contributed by atoms with E-state index in [0.717, 1.165) is 46.0 Å². The molecule has 0 saturated heterocycles. The van der Waals surface area contributed by atoms with Gasteiger partial charge in [-0.05, 0) is 61.2 Å². The minimum absolute atomic E-state index is 0.858. The highest BCUT2D eigenvalue weighted by Gasteiger charge is 2.35. The quantitative estimate of drug-likeness (QED) is 0.481. The maximum Gasteiger partial charge on any atom is 0.0184 e. The van der Waals surface area contributed by atoms with Gasteiger partial charge in [-0.1, -0.05) is 76.0 Å². The molecule has 6 atom stereocenters. The third-order valence-electron chi connectivity index (χ3n) is 6.23. The summed E-state index contributed by atoms with van der Waals surface area (Å²) in [5.74, 6) is 5.51. The fraction of sp³-hybridized carbons (Fsp3) is 1.00. The Morgan fingerprint density at radius 1 is 0.636 bits per heavy atom. The average Bonchev–Trinajstić information content (AvgIpc) is 2.44. The molecule has 0 amide bonds. The smallest absolute Gasteiger partial charge is 0.0184 e. The molecule has 130 valence electrons. The van der Waals surface area contributed by atoms with Gasteiger partial charge in [0, 0.05) is 10.5 Å². The van der Waals surface area contributed by atoms with Crippen molar-refractivity contribution in [1.82, 2.24) is 0 Å². The summed E-state index contributed by atoms with van der Waals surface area (Å²) in [5, 5.41) is 1.80. The van der Waals surface area contributed by atoms with Crippen LogP contribution in [0.25, 0.3) is 0 Å². The van der Waals surface area contributed by atoms with Gasteiger partial charge < -0.3 is 0 Å². The maximum absolute atomic E-state index is 2.47. The zero-order valence-corrected chi connectivity index (χ0v) is 17.3. The van der Waals surface area contributed by atoms with Crippen molar-refractivity contribution in [2.75, 3.05) is 0 Å². The molecule has 0 nitrogen and oxygen atoms in total. The second-order valence-electron chi connectivity index (χ2n) is 8.92. The molecular formula is C20H38S2. The fourth-order valence-corrected chi connectivity index (χ4v) is 9.06. The highest BCUT2D eigenvalue weighted by atomic mass is 33.1. The van der Waals surface area contributed by atoms with Gasteiger partial charge in [0.05, 0.1) is 0 Å². The van der Waals surface area contributed by atoms with E-state index in [9.17, 15) is 0 Å². The van der Waals surface area contributed by atoms with E-state index in [2.05, 4.69) is 63.1 Å². The van der Waals surface area contributed by atoms with Crippen molar-refractivity contribution < 1.29 is 0 Å². The van der Waals surface area contributed by atoms with Gasteiger partial charge in [-0.15, -0.1) is 0 Å². The third-order valence-corrected chi connectivity index (χ3v) is 9.73. The monoisotopic (exact) mass is 342 g/mol. The van der Waals surface area contributed by atoms with Crippen LogP contribution in [-0.4, -0.2) is 10.5 Å². The predicted molar refractivity (Wildman–Crippen MR) is 105 cm³/mol. The summed E-state index contributed by atoms with van der Waals surface area (Å²) in [7, 11) is 4.57. The van der Waals surface area contributed by atoms with Crippen molar-refractivity contribution in [2.24, 2.45) is 35.5 Å². The van der Waals surface area contributed by atoms with E-state index in [-0.39, 0.29) is 0 Å². The molecule has 0 aliphatic heterocycles. The van der Waals surface area contributed by atoms with Crippen molar-refractivity contribution in [3.05, 3.63) is 0 Å². The summed E-state index contributed by atoms with van der Waals surface area (Å²) in [6, 6.07) is 0. The van der Waals surface area contributed by atoms with Crippen LogP contribution < -0.4 is 0 Å². The number of hydrogen-bond acceptors (Lipinski definition) is 2. The van der Waals surface area contributed by atoms with Crippen molar-refractivity contribution >= 4 is 21.6 Å². The Morgan fingerprint density at radius 2 is 1.00 bits per heavy atom. The molecule has 22 heavy (non-hydrogen) atoms. The molecule has 0 N–H and O–H groups in total. The van der Waals surface area contributed by atoms with Crippen LogP contribution in [0.15, 0.2) is 0 Å². The molecule has 6 unspecified atom stereocenters. The Morgan fingerprint density at radius 3 is 1.32 bits per heavy atom. The molecule has 2 aliphatic rings. The Hall–Kier alpha value is 0.700. The summed E-state index contributed by atoms with van der Waals surface area (Å²) >= 11 is 0. The Balaban J connectivity index is 1.93. The molecule has 2 aliphatic carbocycles. The van der Waals surface area contributed by atoms with E-state index in [4.69, 9.17) is 0 Å². The SMILES string of the molecule is CC1CCC(C(C)C)C(SSC2CC(C)CCC2C(C)C)C1. The van der Waals surface area contributed by atoms with Crippen LogP contribution in [0.3, 0.4) is 0 Å². The summed E-state index contributed by atoms with van der Waals surface area (Å²) in [6.07, 6.45) is 8.75. The lowest BCUT2D eigenvalue weighted by atomic mass is 9.77. The molecule has 0 aromatic heterocycles. The van der Waals surface area contributed by atoms with Gasteiger partial charge in [-0.25, -0.2) is 0 Å². The van der Waals surface area contributed by atoms with E-state index < -0.39 is 0 Å². The average molecular weight is 343 g/mol. The van der Waals surface area contributed by atoms with E-state index in [1.54, 1.807) is 0 Å². The van der Waals surface area contributed by atoms with Crippen LogP contribution in [0, 0.1) is 35.5 Å². The second kappa shape index (κ2) is 8.70. The molecule has 0 spiro atoms. The molecule has 0 heterocycles. The summed E-state index contributed by atoms with van der Waals surface area (Å²) in [5.41, 5.74) is 0. The van der Waals surface area contributed by atoms with Gasteiger partial charge in [-0.3, -0.25) is 0 Å². The van der Waals surface area contributed by atoms with Crippen LogP contribution in [0.1, 0.15) is 80.1 Å². The number of rotatable bonds is 5. The van der Waals surface area contributed by atoms with E-state index >= 15 is 0 Å². The van der Waals surface area contributed by atoms with Gasteiger partial charge >= 0.3 is 0 Å². The molecule has 2 fully saturated rings. The van der Waals surface area contributed by atoms with Gasteiger partial charge in [0.15, 0.2) is 0 Å². The summed E-state index contributed by atoms with van der Waals surface area (Å²) in [6.45, 7) is 14.7. The summed E-state index contributed by atoms with van der Waals surface area (Å²) in [4.78, 5) is 0. The highest BCUT2D eigenvalue weighted by molar-refractivity contribution is 8.77. The minimum Gasteiger partial charge on any atom is -0.0901 e. The first kappa shape index (κ1) is 19.0. The Bertz CT molecular complexity index is 294. The standard InChI is InChI=1S/C20H38S2/c1-13(2)17-9-7-15(5)11-19(17)21-22-20-12-16(6)8-10-18(20)14(3)4/h13-20H,7-12H2,1-6H3. The van der Waals surface area contributed by atoms with Crippen LogP contribution in [0.2, 0.25) is 0 Å². The van der Waals surface area contributed by atoms with Crippen molar-refractivity contribution in [1.29, 1.82) is 0 Å². The Labute approximate surface area is 147 Å². The van der Waals surface area contributed by atoms with Crippen molar-refractivity contribution in [2.45, 2.75) is 90.6 Å². The van der Waals surface area contributed by atoms with Crippen LogP contribution in [-0.2, 0) is 0 Å². The van der Waals surface area contributed by atoms with Gasteiger partial charge in [0.2, 0.25) is 0 Å². The van der Waals surface area contributed by atoms with E-state index in [1.807, 2.05) is 0 Å². The first-order chi connectivity index (χ1) is 10.4. The van der Waals surface area contributed by atoms with E-state index in [1.165, 1.54) is 38.5 Å². The first-order valence-electron chi connectivity index (χ1n) is 9.70. The second-order valence-corrected chi connectivity index (χ2v) is 11.7. The number of hydrogen-bond donors (Lipinski definition) is 0. The predicted octanol–water partition coefficient (Wildman–Crippen LogP) is 7.29. The summed E-state index contributed by atoms with van der Waals surface area (Å²) < 4.78 is 0. The lowest BCUT2D eigenvalue weighted by molar-refractivity contribution is 0.243. The van der Waals surface area contributed by atoms with Crippen LogP contribution in [0.4, 0.5) is 0 Å². The zero-order valence-electron chi connectivity index (χ0n) is 15.7. The molecule has 0 aromatic rings. The minimum atomic E-state index is 0.858. The van der Waals surface area contributed by atoms with Gasteiger partial charge in [0.1, 0.15) is 0 Å². The first-order valence-corrected chi connectivity index (χ1v) is 12.0. The van der Waals surface area contributed by atoms with Crippen molar-refractivity contribution in [3.63, 3.8) is 0 Å². The topological polar surface area (TPSA) is 0 Å². The third kappa shape index (κ3) is 5.10. The fourth-order valence-electron chi connectivity index (χ4n) is 4.59. The molecule has 0 bridgehead atoms.